The van der Waals surface area contributed by atoms with Gasteiger partial charge in [-0.05, 0) is 37.0 Å². The zero-order valence-electron chi connectivity index (χ0n) is 10.2. The quantitative estimate of drug-likeness (QED) is 0.672. The molecule has 19 heavy (non-hydrogen) atoms. The zero-order valence-corrected chi connectivity index (χ0v) is 10.2. The van der Waals surface area contributed by atoms with Crippen LogP contribution in [0.4, 0.5) is 5.69 Å². The van der Waals surface area contributed by atoms with Gasteiger partial charge in [-0.1, -0.05) is 0 Å². The van der Waals surface area contributed by atoms with Gasteiger partial charge in [0.25, 0.3) is 5.69 Å². The van der Waals surface area contributed by atoms with Crippen LogP contribution in [0.25, 0.3) is 5.69 Å². The molecule has 0 saturated carbocycles. The maximum atomic E-state index is 10.6. The number of nitrogens with zero attached hydrogens (tertiary/aromatic N) is 3. The van der Waals surface area contributed by atoms with Crippen LogP contribution in [0, 0.1) is 10.1 Å². The molecule has 0 amide bonds. The van der Waals surface area contributed by atoms with Gasteiger partial charge in [0.15, 0.2) is 0 Å². The number of rotatable bonds is 3. The largest absolute Gasteiger partial charge is 0.390 e. The van der Waals surface area contributed by atoms with Crippen molar-refractivity contribution in [3.05, 3.63) is 51.3 Å². The molecular weight excluding hydrogens is 246 g/mol. The predicted octanol–water partition coefficient (Wildman–Crippen LogP) is 1.76. The molecule has 0 bridgehead atoms. The highest BCUT2D eigenvalue weighted by Gasteiger charge is 2.22. The van der Waals surface area contributed by atoms with Crippen LogP contribution in [0.3, 0.4) is 0 Å². The van der Waals surface area contributed by atoms with Gasteiger partial charge >= 0.3 is 0 Å². The van der Waals surface area contributed by atoms with Crippen LogP contribution in [0.1, 0.15) is 23.4 Å². The summed E-state index contributed by atoms with van der Waals surface area (Å²) in [5, 5.41) is 24.3. The van der Waals surface area contributed by atoms with Crippen molar-refractivity contribution in [3.8, 4) is 5.69 Å². The molecule has 0 spiro atoms. The number of aliphatic hydroxyl groups is 1. The fourth-order valence-electron chi connectivity index (χ4n) is 2.57. The summed E-state index contributed by atoms with van der Waals surface area (Å²) in [6.45, 7) is -0.0671. The van der Waals surface area contributed by atoms with Crippen LogP contribution in [-0.4, -0.2) is 19.8 Å². The highest BCUT2D eigenvalue weighted by molar-refractivity contribution is 5.44. The topological polar surface area (TPSA) is 81.2 Å². The summed E-state index contributed by atoms with van der Waals surface area (Å²) in [4.78, 5) is 10.2. The molecule has 6 nitrogen and oxygen atoms in total. The smallest absolute Gasteiger partial charge is 0.269 e. The first kappa shape index (κ1) is 11.9. The number of benzene rings is 1. The molecule has 6 heteroatoms. The highest BCUT2D eigenvalue weighted by Crippen LogP contribution is 2.28. The van der Waals surface area contributed by atoms with E-state index in [2.05, 4.69) is 5.10 Å². The van der Waals surface area contributed by atoms with E-state index in [-0.39, 0.29) is 12.3 Å². The Morgan fingerprint density at radius 3 is 2.68 bits per heavy atom. The maximum absolute atomic E-state index is 10.6. The number of aromatic nitrogens is 2. The lowest BCUT2D eigenvalue weighted by Crippen LogP contribution is -2.02. The molecule has 1 heterocycles. The molecule has 0 saturated heterocycles. The van der Waals surface area contributed by atoms with Crippen LogP contribution in [0.15, 0.2) is 24.3 Å². The average molecular weight is 259 g/mol. The number of hydrogen-bond acceptors (Lipinski definition) is 4. The molecule has 3 rings (SSSR count). The maximum Gasteiger partial charge on any atom is 0.269 e. The van der Waals surface area contributed by atoms with Crippen molar-refractivity contribution in [3.63, 3.8) is 0 Å². The van der Waals surface area contributed by atoms with Crippen LogP contribution >= 0.6 is 0 Å². The first-order chi connectivity index (χ1) is 9.20. The SMILES string of the molecule is O=[N+]([O-])c1ccc(-n2nc(CO)c3c2CCC3)cc1. The van der Waals surface area contributed by atoms with Gasteiger partial charge in [0.05, 0.1) is 22.9 Å². The summed E-state index contributed by atoms with van der Waals surface area (Å²) < 4.78 is 1.79. The third-order valence-electron chi connectivity index (χ3n) is 3.47. The average Bonchev–Trinajstić information content (AvgIpc) is 3.00. The number of hydrogen-bond donors (Lipinski definition) is 1. The van der Waals surface area contributed by atoms with Crippen LogP contribution in [0.2, 0.25) is 0 Å². The Labute approximate surface area is 109 Å². The lowest BCUT2D eigenvalue weighted by molar-refractivity contribution is -0.384. The van der Waals surface area contributed by atoms with E-state index in [1.54, 1.807) is 16.8 Å². The Kier molecular flexibility index (Phi) is 2.79. The standard InChI is InChI=1S/C13H13N3O3/c17-8-12-11-2-1-3-13(11)15(14-12)9-4-6-10(7-5-9)16(18)19/h4-7,17H,1-3,8H2. The van der Waals surface area contributed by atoms with Crippen LogP contribution in [-0.2, 0) is 19.4 Å². The van der Waals surface area contributed by atoms with Gasteiger partial charge in [0.1, 0.15) is 0 Å². The Hall–Kier alpha value is -2.21. The molecule has 1 aliphatic carbocycles. The Balaban J connectivity index is 2.05. The molecule has 1 aliphatic rings. The van der Waals surface area contributed by atoms with Crippen LogP contribution in [0.5, 0.6) is 0 Å². The van der Waals surface area contributed by atoms with E-state index in [0.29, 0.717) is 5.69 Å². The lowest BCUT2D eigenvalue weighted by Gasteiger charge is -2.04. The first-order valence-corrected chi connectivity index (χ1v) is 6.16. The Bertz CT molecular complexity index is 631. The van der Waals surface area contributed by atoms with Crippen molar-refractivity contribution >= 4 is 5.69 Å². The number of non-ortho nitro benzene ring substituents is 1. The number of nitro benzene ring substituents is 1. The van der Waals surface area contributed by atoms with E-state index in [4.69, 9.17) is 0 Å². The molecule has 2 aromatic rings. The molecule has 0 fully saturated rings. The summed E-state index contributed by atoms with van der Waals surface area (Å²) in [5.74, 6) is 0. The van der Waals surface area contributed by atoms with E-state index in [0.717, 1.165) is 36.2 Å². The zero-order chi connectivity index (χ0) is 13.4. The lowest BCUT2D eigenvalue weighted by atomic mass is 10.2. The fraction of sp³-hybridized carbons (Fsp3) is 0.308. The molecule has 1 aromatic carbocycles. The van der Waals surface area contributed by atoms with Gasteiger partial charge in [-0.25, -0.2) is 4.68 Å². The van der Waals surface area contributed by atoms with Crippen molar-refractivity contribution in [2.45, 2.75) is 25.9 Å². The van der Waals surface area contributed by atoms with E-state index in [1.165, 1.54) is 12.1 Å². The number of nitro groups is 1. The normalized spacial score (nSPS) is 13.5. The summed E-state index contributed by atoms with van der Waals surface area (Å²) in [6.07, 6.45) is 2.94. The third-order valence-corrected chi connectivity index (χ3v) is 3.47. The van der Waals surface area contributed by atoms with Gasteiger partial charge in [0, 0.05) is 17.8 Å². The van der Waals surface area contributed by atoms with Crippen molar-refractivity contribution in [1.29, 1.82) is 0 Å². The monoisotopic (exact) mass is 259 g/mol. The van der Waals surface area contributed by atoms with E-state index in [1.807, 2.05) is 0 Å². The Morgan fingerprint density at radius 1 is 1.32 bits per heavy atom. The molecule has 1 aromatic heterocycles. The van der Waals surface area contributed by atoms with E-state index >= 15 is 0 Å². The van der Waals surface area contributed by atoms with Gasteiger partial charge in [-0.3, -0.25) is 10.1 Å². The molecular formula is C13H13N3O3. The molecule has 0 radical (unpaired) electrons. The predicted molar refractivity (Wildman–Crippen MR) is 68.2 cm³/mol. The second-order valence-electron chi connectivity index (χ2n) is 4.57. The van der Waals surface area contributed by atoms with E-state index < -0.39 is 4.92 Å². The van der Waals surface area contributed by atoms with Crippen molar-refractivity contribution < 1.29 is 10.0 Å². The van der Waals surface area contributed by atoms with Crippen molar-refractivity contribution in [2.24, 2.45) is 0 Å². The molecule has 0 atom stereocenters. The summed E-state index contributed by atoms with van der Waals surface area (Å²) in [7, 11) is 0. The molecule has 0 aliphatic heterocycles. The van der Waals surface area contributed by atoms with Gasteiger partial charge in [-0.2, -0.15) is 5.10 Å². The van der Waals surface area contributed by atoms with Crippen molar-refractivity contribution in [1.82, 2.24) is 9.78 Å². The van der Waals surface area contributed by atoms with E-state index in [9.17, 15) is 15.2 Å². The molecule has 98 valence electrons. The van der Waals surface area contributed by atoms with Crippen molar-refractivity contribution in [2.75, 3.05) is 0 Å². The Morgan fingerprint density at radius 2 is 2.05 bits per heavy atom. The minimum atomic E-state index is -0.420. The van der Waals surface area contributed by atoms with Gasteiger partial charge in [-0.15, -0.1) is 0 Å². The fourth-order valence-corrected chi connectivity index (χ4v) is 2.57. The third kappa shape index (κ3) is 1.90. The summed E-state index contributed by atoms with van der Waals surface area (Å²) in [5.41, 5.74) is 3.81. The summed E-state index contributed by atoms with van der Waals surface area (Å²) in [6, 6.07) is 6.31. The first-order valence-electron chi connectivity index (χ1n) is 6.16. The minimum Gasteiger partial charge on any atom is -0.390 e. The summed E-state index contributed by atoms with van der Waals surface area (Å²) >= 11 is 0. The van der Waals surface area contributed by atoms with Gasteiger partial charge < -0.3 is 5.11 Å². The molecule has 0 unspecified atom stereocenters. The van der Waals surface area contributed by atoms with Gasteiger partial charge in [0.2, 0.25) is 0 Å². The van der Waals surface area contributed by atoms with Crippen LogP contribution < -0.4 is 0 Å². The number of fused-ring (bicyclic) bond motifs is 1. The highest BCUT2D eigenvalue weighted by atomic mass is 16.6. The molecule has 1 N–H and O–H groups in total. The second kappa shape index (κ2) is 4.47. The minimum absolute atomic E-state index is 0.0648. The number of aliphatic hydroxyl groups excluding tert-OH is 1. The second-order valence-corrected chi connectivity index (χ2v) is 4.57.